The molecule has 0 radical (unpaired) electrons. The highest BCUT2D eigenvalue weighted by Crippen LogP contribution is 2.37. The molecule has 0 saturated heterocycles. The fourth-order valence-corrected chi connectivity index (χ4v) is 2.03. The van der Waals surface area contributed by atoms with Gasteiger partial charge in [0.25, 0.3) is 0 Å². The number of carbonyl (C=O) groups is 1. The number of nitrogens with one attached hydrogen (secondary N) is 1. The third-order valence-electron chi connectivity index (χ3n) is 3.32. The molecule has 1 N–H and O–H groups in total. The molecule has 0 bridgehead atoms. The molecular weight excluding hydrogens is 214 g/mol. The van der Waals surface area contributed by atoms with E-state index in [1.807, 2.05) is 24.3 Å². The van der Waals surface area contributed by atoms with Gasteiger partial charge >= 0.3 is 0 Å². The molecule has 2 unspecified atom stereocenters. The topological polar surface area (TPSA) is 38.3 Å². The molecule has 1 aromatic rings. The van der Waals surface area contributed by atoms with Gasteiger partial charge in [0.1, 0.15) is 0 Å². The van der Waals surface area contributed by atoms with Crippen molar-refractivity contribution in [2.75, 3.05) is 7.11 Å². The predicted molar refractivity (Wildman–Crippen MR) is 66.3 cm³/mol. The Morgan fingerprint density at radius 1 is 1.41 bits per heavy atom. The van der Waals surface area contributed by atoms with Gasteiger partial charge in [0.15, 0.2) is 0 Å². The van der Waals surface area contributed by atoms with E-state index < -0.39 is 0 Å². The zero-order chi connectivity index (χ0) is 12.3. The molecule has 1 amide bonds. The maximum Gasteiger partial charge on any atom is 0.223 e. The molecular formula is C14H19NO2. The fraction of sp³-hybridized carbons (Fsp3) is 0.500. The lowest BCUT2D eigenvalue weighted by molar-refractivity contribution is -0.122. The van der Waals surface area contributed by atoms with E-state index in [9.17, 15) is 4.79 Å². The molecule has 92 valence electrons. The minimum absolute atomic E-state index is 0.185. The smallest absolute Gasteiger partial charge is 0.223 e. The molecule has 1 saturated carbocycles. The number of hydrogen-bond donors (Lipinski definition) is 1. The second kappa shape index (κ2) is 5.32. The first kappa shape index (κ1) is 12.1. The van der Waals surface area contributed by atoms with E-state index in [4.69, 9.17) is 4.74 Å². The van der Waals surface area contributed by atoms with Gasteiger partial charge in [-0.25, -0.2) is 0 Å². The van der Waals surface area contributed by atoms with E-state index in [2.05, 4.69) is 12.2 Å². The second-order valence-corrected chi connectivity index (χ2v) is 4.74. The molecule has 1 aromatic carbocycles. The molecule has 0 aliphatic heterocycles. The van der Waals surface area contributed by atoms with Crippen molar-refractivity contribution in [3.05, 3.63) is 35.4 Å². The standard InChI is InChI=1S/C14H19NO2/c1-10-7-13(10)14(16)15-8-11-5-3-4-6-12(11)9-17-2/h3-6,10,13H,7-9H2,1-2H3,(H,15,16). The van der Waals surface area contributed by atoms with E-state index in [1.165, 1.54) is 0 Å². The lowest BCUT2D eigenvalue weighted by Gasteiger charge is -2.09. The first-order valence-corrected chi connectivity index (χ1v) is 6.05. The maximum atomic E-state index is 11.7. The van der Waals surface area contributed by atoms with Crippen LogP contribution in [0, 0.1) is 11.8 Å². The van der Waals surface area contributed by atoms with Crippen LogP contribution in [0.3, 0.4) is 0 Å². The SMILES string of the molecule is COCc1ccccc1CNC(=O)C1CC1C. The van der Waals surface area contributed by atoms with Crippen LogP contribution < -0.4 is 5.32 Å². The molecule has 0 spiro atoms. The number of carbonyl (C=O) groups excluding carboxylic acids is 1. The summed E-state index contributed by atoms with van der Waals surface area (Å²) in [7, 11) is 1.68. The van der Waals surface area contributed by atoms with Crippen LogP contribution in [-0.4, -0.2) is 13.0 Å². The number of hydrogen-bond acceptors (Lipinski definition) is 2. The highest BCUT2D eigenvalue weighted by Gasteiger charge is 2.38. The number of rotatable bonds is 5. The summed E-state index contributed by atoms with van der Waals surface area (Å²) >= 11 is 0. The zero-order valence-corrected chi connectivity index (χ0v) is 10.4. The summed E-state index contributed by atoms with van der Waals surface area (Å²) in [5.74, 6) is 0.985. The Labute approximate surface area is 102 Å². The Bertz CT molecular complexity index is 403. The van der Waals surface area contributed by atoms with Crippen LogP contribution in [0.2, 0.25) is 0 Å². The predicted octanol–water partition coefficient (Wildman–Crippen LogP) is 2.11. The van der Waals surface area contributed by atoms with E-state index in [1.54, 1.807) is 7.11 Å². The maximum absolute atomic E-state index is 11.7. The summed E-state index contributed by atoms with van der Waals surface area (Å²) in [6, 6.07) is 8.04. The van der Waals surface area contributed by atoms with Crippen molar-refractivity contribution >= 4 is 5.91 Å². The highest BCUT2D eigenvalue weighted by molar-refractivity contribution is 5.81. The van der Waals surface area contributed by atoms with Crippen molar-refractivity contribution in [3.63, 3.8) is 0 Å². The molecule has 17 heavy (non-hydrogen) atoms. The van der Waals surface area contributed by atoms with Crippen LogP contribution in [0.25, 0.3) is 0 Å². The van der Waals surface area contributed by atoms with Gasteiger partial charge in [0, 0.05) is 19.6 Å². The van der Waals surface area contributed by atoms with Gasteiger partial charge < -0.3 is 10.1 Å². The number of amides is 1. The molecule has 1 aliphatic rings. The Morgan fingerprint density at radius 2 is 2.06 bits per heavy atom. The van der Waals surface area contributed by atoms with Crippen LogP contribution in [0.4, 0.5) is 0 Å². The summed E-state index contributed by atoms with van der Waals surface area (Å²) in [4.78, 5) is 11.7. The molecule has 2 atom stereocenters. The third-order valence-corrected chi connectivity index (χ3v) is 3.32. The van der Waals surface area contributed by atoms with Gasteiger partial charge in [-0.15, -0.1) is 0 Å². The van der Waals surface area contributed by atoms with E-state index in [0.717, 1.165) is 17.5 Å². The number of benzene rings is 1. The molecule has 1 aliphatic carbocycles. The van der Waals surface area contributed by atoms with Crippen molar-refractivity contribution in [2.45, 2.75) is 26.5 Å². The van der Waals surface area contributed by atoms with Crippen molar-refractivity contribution in [1.29, 1.82) is 0 Å². The van der Waals surface area contributed by atoms with Gasteiger partial charge in [-0.3, -0.25) is 4.79 Å². The Kier molecular flexibility index (Phi) is 3.79. The van der Waals surface area contributed by atoms with Crippen LogP contribution >= 0.6 is 0 Å². The summed E-state index contributed by atoms with van der Waals surface area (Å²) in [6.45, 7) is 3.30. The number of ether oxygens (including phenoxy) is 1. The van der Waals surface area contributed by atoms with E-state index in [-0.39, 0.29) is 11.8 Å². The zero-order valence-electron chi connectivity index (χ0n) is 10.4. The van der Waals surface area contributed by atoms with Crippen LogP contribution in [0.5, 0.6) is 0 Å². The average molecular weight is 233 g/mol. The Balaban J connectivity index is 1.91. The quantitative estimate of drug-likeness (QED) is 0.846. The van der Waals surface area contributed by atoms with Gasteiger partial charge in [-0.05, 0) is 23.5 Å². The minimum atomic E-state index is 0.185. The lowest BCUT2D eigenvalue weighted by atomic mass is 10.1. The molecule has 0 aromatic heterocycles. The van der Waals surface area contributed by atoms with Gasteiger partial charge in [-0.1, -0.05) is 31.2 Å². The van der Waals surface area contributed by atoms with E-state index in [0.29, 0.717) is 19.1 Å². The molecule has 3 heteroatoms. The van der Waals surface area contributed by atoms with E-state index >= 15 is 0 Å². The highest BCUT2D eigenvalue weighted by atomic mass is 16.5. The Morgan fingerprint density at radius 3 is 2.65 bits per heavy atom. The largest absolute Gasteiger partial charge is 0.380 e. The lowest BCUT2D eigenvalue weighted by Crippen LogP contribution is -2.25. The molecule has 3 nitrogen and oxygen atoms in total. The van der Waals surface area contributed by atoms with Crippen molar-refractivity contribution in [1.82, 2.24) is 5.32 Å². The van der Waals surface area contributed by atoms with Crippen LogP contribution in [0.15, 0.2) is 24.3 Å². The molecule has 0 heterocycles. The summed E-state index contributed by atoms with van der Waals surface area (Å²) < 4.78 is 5.14. The monoisotopic (exact) mass is 233 g/mol. The minimum Gasteiger partial charge on any atom is -0.380 e. The first-order chi connectivity index (χ1) is 8.22. The van der Waals surface area contributed by atoms with Gasteiger partial charge in [0.05, 0.1) is 6.61 Å². The van der Waals surface area contributed by atoms with Crippen LogP contribution in [0.1, 0.15) is 24.5 Å². The van der Waals surface area contributed by atoms with Gasteiger partial charge in [0.2, 0.25) is 5.91 Å². The summed E-state index contributed by atoms with van der Waals surface area (Å²) in [6.07, 6.45) is 1.03. The normalized spacial score (nSPS) is 22.2. The van der Waals surface area contributed by atoms with Crippen molar-refractivity contribution < 1.29 is 9.53 Å². The van der Waals surface area contributed by atoms with Crippen molar-refractivity contribution in [3.8, 4) is 0 Å². The average Bonchev–Trinajstić information content (AvgIpc) is 3.05. The summed E-state index contributed by atoms with van der Waals surface area (Å²) in [5.41, 5.74) is 2.27. The second-order valence-electron chi connectivity index (χ2n) is 4.74. The first-order valence-electron chi connectivity index (χ1n) is 6.05. The number of methoxy groups -OCH3 is 1. The summed E-state index contributed by atoms with van der Waals surface area (Å²) in [5, 5.41) is 3.00. The third kappa shape index (κ3) is 3.07. The van der Waals surface area contributed by atoms with Crippen molar-refractivity contribution in [2.24, 2.45) is 11.8 Å². The Hall–Kier alpha value is -1.35. The van der Waals surface area contributed by atoms with Crippen LogP contribution in [-0.2, 0) is 22.7 Å². The molecule has 2 rings (SSSR count). The molecule has 1 fully saturated rings. The fourth-order valence-electron chi connectivity index (χ4n) is 2.03. The van der Waals surface area contributed by atoms with Gasteiger partial charge in [-0.2, -0.15) is 0 Å².